The van der Waals surface area contributed by atoms with Crippen molar-refractivity contribution in [3.8, 4) is 17.2 Å². The van der Waals surface area contributed by atoms with Crippen LogP contribution < -0.4 is 19.9 Å². The Morgan fingerprint density at radius 1 is 0.929 bits per heavy atom. The predicted octanol–water partition coefficient (Wildman–Crippen LogP) is 0.454. The highest BCUT2D eigenvalue weighted by atomic mass is 16.5. The third kappa shape index (κ3) is 1.90. The van der Waals surface area contributed by atoms with E-state index < -0.39 is 0 Å². The van der Waals surface area contributed by atoms with Gasteiger partial charge in [-0.15, -0.1) is 0 Å². The molecule has 0 aliphatic heterocycles. The number of rotatable bonds is 4. The van der Waals surface area contributed by atoms with Crippen molar-refractivity contribution in [2.24, 2.45) is 0 Å². The van der Waals surface area contributed by atoms with Gasteiger partial charge in [0.05, 0.1) is 26.9 Å². The molecule has 1 aromatic rings. The van der Waals surface area contributed by atoms with Crippen molar-refractivity contribution in [3.05, 3.63) is 17.7 Å². The summed E-state index contributed by atoms with van der Waals surface area (Å²) in [4.78, 5) is 0. The Balaban J connectivity index is 3.20. The maximum absolute atomic E-state index is 5.20. The molecule has 4 heteroatoms. The van der Waals surface area contributed by atoms with Crippen LogP contribution in [0.5, 0.6) is 17.2 Å². The molecule has 3 N–H and O–H groups in total. The largest absolute Gasteiger partial charge is 0.496 e. The van der Waals surface area contributed by atoms with Gasteiger partial charge >= 0.3 is 0 Å². The summed E-state index contributed by atoms with van der Waals surface area (Å²) in [6, 6.07) is 3.68. The predicted molar refractivity (Wildman–Crippen MR) is 52.7 cm³/mol. The second-order valence-electron chi connectivity index (χ2n) is 2.77. The van der Waals surface area contributed by atoms with E-state index in [4.69, 9.17) is 14.2 Å². The molecule has 0 unspecified atom stereocenters. The minimum atomic E-state index is 0.656. The van der Waals surface area contributed by atoms with E-state index in [1.165, 1.54) is 0 Å². The number of hydrogen-bond acceptors (Lipinski definition) is 3. The lowest BCUT2D eigenvalue weighted by molar-refractivity contribution is -0.386. The minimum absolute atomic E-state index is 0.656. The normalized spacial score (nSPS) is 9.71. The molecule has 0 amide bonds. The first-order valence-corrected chi connectivity index (χ1v) is 4.35. The summed E-state index contributed by atoms with van der Waals surface area (Å²) in [5, 5.41) is 0. The third-order valence-corrected chi connectivity index (χ3v) is 2.06. The van der Waals surface area contributed by atoms with Gasteiger partial charge in [0.25, 0.3) is 0 Å². The average Bonchev–Trinajstić information content (AvgIpc) is 2.26. The van der Waals surface area contributed by atoms with E-state index in [1.807, 2.05) is 6.07 Å². The van der Waals surface area contributed by atoms with Crippen LogP contribution in [0.4, 0.5) is 0 Å². The van der Waals surface area contributed by atoms with Gasteiger partial charge in [-0.25, -0.2) is 0 Å². The van der Waals surface area contributed by atoms with E-state index in [1.54, 1.807) is 27.4 Å². The van der Waals surface area contributed by atoms with Crippen molar-refractivity contribution in [1.82, 2.24) is 0 Å². The van der Waals surface area contributed by atoms with Crippen LogP contribution >= 0.6 is 0 Å². The molecule has 0 aromatic heterocycles. The van der Waals surface area contributed by atoms with Crippen LogP contribution in [-0.4, -0.2) is 21.3 Å². The van der Waals surface area contributed by atoms with Crippen molar-refractivity contribution in [2.75, 3.05) is 21.3 Å². The first kappa shape index (κ1) is 10.7. The first-order chi connectivity index (χ1) is 6.76. The molecule has 0 atom stereocenters. The Kier molecular flexibility index (Phi) is 3.59. The molecular formula is C10H16NO3+. The van der Waals surface area contributed by atoms with Crippen molar-refractivity contribution < 1.29 is 19.9 Å². The van der Waals surface area contributed by atoms with Gasteiger partial charge in [-0.2, -0.15) is 0 Å². The van der Waals surface area contributed by atoms with Crippen molar-refractivity contribution in [2.45, 2.75) is 6.54 Å². The summed E-state index contributed by atoms with van der Waals surface area (Å²) < 4.78 is 15.5. The standard InChI is InChI=1S/C10H15NO3/c1-12-8-5-10(14-3)9(13-2)4-7(8)6-11/h4-5H,6,11H2,1-3H3/p+1. The number of methoxy groups -OCH3 is 3. The van der Waals surface area contributed by atoms with Crippen molar-refractivity contribution in [3.63, 3.8) is 0 Å². The second kappa shape index (κ2) is 4.72. The fourth-order valence-corrected chi connectivity index (χ4v) is 1.29. The second-order valence-corrected chi connectivity index (χ2v) is 2.77. The Morgan fingerprint density at radius 3 is 1.86 bits per heavy atom. The van der Waals surface area contributed by atoms with Crippen LogP contribution in [0.25, 0.3) is 0 Å². The van der Waals surface area contributed by atoms with Gasteiger partial charge in [-0.05, 0) is 6.07 Å². The molecule has 1 rings (SSSR count). The maximum atomic E-state index is 5.20. The molecule has 1 aromatic carbocycles. The summed E-state index contributed by atoms with van der Waals surface area (Å²) in [6.07, 6.45) is 0. The van der Waals surface area contributed by atoms with E-state index in [0.717, 1.165) is 11.3 Å². The van der Waals surface area contributed by atoms with Gasteiger partial charge in [0, 0.05) is 6.07 Å². The van der Waals surface area contributed by atoms with Crippen LogP contribution in [0, 0.1) is 0 Å². The summed E-state index contributed by atoms with van der Waals surface area (Å²) in [5.41, 5.74) is 4.82. The fraction of sp³-hybridized carbons (Fsp3) is 0.400. The quantitative estimate of drug-likeness (QED) is 0.764. The maximum Gasteiger partial charge on any atom is 0.164 e. The summed E-state index contributed by atoms with van der Waals surface area (Å²) in [6.45, 7) is 0.656. The summed E-state index contributed by atoms with van der Waals surface area (Å²) >= 11 is 0. The highest BCUT2D eigenvalue weighted by Crippen LogP contribution is 2.33. The number of quaternary nitrogens is 1. The molecule has 0 heterocycles. The summed E-state index contributed by atoms with van der Waals surface area (Å²) in [5.74, 6) is 2.14. The summed E-state index contributed by atoms with van der Waals surface area (Å²) in [7, 11) is 4.83. The van der Waals surface area contributed by atoms with Crippen molar-refractivity contribution in [1.29, 1.82) is 0 Å². The van der Waals surface area contributed by atoms with Gasteiger partial charge in [0.1, 0.15) is 12.3 Å². The van der Waals surface area contributed by atoms with E-state index >= 15 is 0 Å². The van der Waals surface area contributed by atoms with E-state index in [-0.39, 0.29) is 0 Å². The van der Waals surface area contributed by atoms with Crippen LogP contribution in [0.3, 0.4) is 0 Å². The van der Waals surface area contributed by atoms with Gasteiger partial charge in [-0.3, -0.25) is 0 Å². The van der Waals surface area contributed by atoms with Gasteiger partial charge in [0.15, 0.2) is 11.5 Å². The first-order valence-electron chi connectivity index (χ1n) is 4.35. The van der Waals surface area contributed by atoms with Crippen molar-refractivity contribution >= 4 is 0 Å². The Morgan fingerprint density at radius 2 is 1.43 bits per heavy atom. The van der Waals surface area contributed by atoms with Gasteiger partial charge in [0.2, 0.25) is 0 Å². The minimum Gasteiger partial charge on any atom is -0.496 e. The van der Waals surface area contributed by atoms with Crippen LogP contribution in [0.2, 0.25) is 0 Å². The van der Waals surface area contributed by atoms with E-state index in [2.05, 4.69) is 5.73 Å². The van der Waals surface area contributed by atoms with E-state index in [0.29, 0.717) is 18.0 Å². The molecule has 0 spiro atoms. The Labute approximate surface area is 83.6 Å². The zero-order valence-corrected chi connectivity index (χ0v) is 8.79. The van der Waals surface area contributed by atoms with Crippen LogP contribution in [0.15, 0.2) is 12.1 Å². The van der Waals surface area contributed by atoms with E-state index in [9.17, 15) is 0 Å². The molecule has 4 nitrogen and oxygen atoms in total. The molecule has 0 aliphatic carbocycles. The SMILES string of the molecule is COc1cc(OC)c(OC)cc1C[NH3+]. The number of hydrogen-bond donors (Lipinski definition) is 1. The fourth-order valence-electron chi connectivity index (χ4n) is 1.29. The molecule has 0 radical (unpaired) electrons. The topological polar surface area (TPSA) is 55.3 Å². The van der Waals surface area contributed by atoms with Crippen LogP contribution in [-0.2, 0) is 6.54 Å². The third-order valence-electron chi connectivity index (χ3n) is 2.06. The van der Waals surface area contributed by atoms with Crippen LogP contribution in [0.1, 0.15) is 5.56 Å². The lowest BCUT2D eigenvalue weighted by Crippen LogP contribution is -2.47. The zero-order chi connectivity index (χ0) is 10.6. The average molecular weight is 198 g/mol. The molecule has 0 saturated carbocycles. The molecule has 78 valence electrons. The number of ether oxygens (including phenoxy) is 3. The monoisotopic (exact) mass is 198 g/mol. The Bertz CT molecular complexity index is 254. The molecule has 0 saturated heterocycles. The zero-order valence-electron chi connectivity index (χ0n) is 8.79. The molecular weight excluding hydrogens is 182 g/mol. The number of benzene rings is 1. The molecule has 0 fully saturated rings. The molecule has 0 aliphatic rings. The highest BCUT2D eigenvalue weighted by molar-refractivity contribution is 5.50. The molecule has 0 bridgehead atoms. The lowest BCUT2D eigenvalue weighted by atomic mass is 10.1. The highest BCUT2D eigenvalue weighted by Gasteiger charge is 2.11. The Hall–Kier alpha value is -1.42. The lowest BCUT2D eigenvalue weighted by Gasteiger charge is -2.11. The van der Waals surface area contributed by atoms with Gasteiger partial charge < -0.3 is 19.9 Å². The van der Waals surface area contributed by atoms with Gasteiger partial charge in [-0.1, -0.05) is 0 Å². The smallest absolute Gasteiger partial charge is 0.164 e. The molecule has 14 heavy (non-hydrogen) atoms.